The first kappa shape index (κ1) is 22.1. The van der Waals surface area contributed by atoms with Gasteiger partial charge in [-0.3, -0.25) is 4.79 Å². The van der Waals surface area contributed by atoms with E-state index in [2.05, 4.69) is 15.6 Å². The highest BCUT2D eigenvalue weighted by molar-refractivity contribution is 6.11. The number of benzene rings is 2. The number of aryl methyl sites for hydroxylation is 1. The molecule has 0 aliphatic heterocycles. The molecule has 3 rings (SSSR count). The third-order valence-corrected chi connectivity index (χ3v) is 4.86. The van der Waals surface area contributed by atoms with Gasteiger partial charge < -0.3 is 20.4 Å². The predicted octanol–water partition coefficient (Wildman–Crippen LogP) is 4.11. The summed E-state index contributed by atoms with van der Waals surface area (Å²) in [4.78, 5) is 40.3. The van der Waals surface area contributed by atoms with Gasteiger partial charge in [-0.15, -0.1) is 0 Å². The Balaban J connectivity index is 1.62. The maximum atomic E-state index is 12.9. The summed E-state index contributed by atoms with van der Waals surface area (Å²) in [7, 11) is 0. The van der Waals surface area contributed by atoms with Crippen molar-refractivity contribution in [1.82, 2.24) is 15.6 Å². The maximum Gasteiger partial charge on any atom is 0.338 e. The number of hydrogen-bond acceptors (Lipinski definition) is 4. The molecular formula is C24H27N3O4. The van der Waals surface area contributed by atoms with Gasteiger partial charge in [-0.1, -0.05) is 30.3 Å². The molecule has 2 aromatic carbocycles. The Morgan fingerprint density at radius 1 is 1.00 bits per heavy atom. The standard InChI is InChI=1S/C24H27N3O4/c1-14(2)26-24(30)25-13-17-9-11-18(12-10-17)23(29)31-16(4)22(28)21-15(3)27-20-8-6-5-7-19(20)21/h5-12,14,16,27H,13H2,1-4H3,(H2,25,26,30)/t16-/m0/s1. The lowest BCUT2D eigenvalue weighted by atomic mass is 10.0. The highest BCUT2D eigenvalue weighted by Crippen LogP contribution is 2.24. The van der Waals surface area contributed by atoms with Crippen LogP contribution in [0.5, 0.6) is 0 Å². The number of ketones is 1. The summed E-state index contributed by atoms with van der Waals surface area (Å²) >= 11 is 0. The van der Waals surface area contributed by atoms with E-state index < -0.39 is 12.1 Å². The Morgan fingerprint density at radius 2 is 1.68 bits per heavy atom. The number of ether oxygens (including phenoxy) is 1. The number of urea groups is 1. The number of Topliss-reactive ketones (excluding diaryl/α,β-unsaturated/α-hetero) is 1. The molecule has 162 valence electrons. The highest BCUT2D eigenvalue weighted by atomic mass is 16.5. The second kappa shape index (κ2) is 9.47. The number of nitrogens with one attached hydrogen (secondary N) is 3. The minimum atomic E-state index is -0.925. The van der Waals surface area contributed by atoms with Gasteiger partial charge in [-0.25, -0.2) is 9.59 Å². The van der Waals surface area contributed by atoms with Crippen molar-refractivity contribution in [2.24, 2.45) is 0 Å². The van der Waals surface area contributed by atoms with E-state index in [-0.39, 0.29) is 17.9 Å². The van der Waals surface area contributed by atoms with Crippen LogP contribution in [0.15, 0.2) is 48.5 Å². The summed E-state index contributed by atoms with van der Waals surface area (Å²) in [5.41, 5.74) is 3.33. The predicted molar refractivity (Wildman–Crippen MR) is 119 cm³/mol. The SMILES string of the molecule is Cc1[nH]c2ccccc2c1C(=O)[C@H](C)OC(=O)c1ccc(CNC(=O)NC(C)C)cc1. The van der Waals surface area contributed by atoms with E-state index in [1.807, 2.05) is 45.0 Å². The lowest BCUT2D eigenvalue weighted by Gasteiger charge is -2.13. The van der Waals surface area contributed by atoms with Gasteiger partial charge in [0.05, 0.1) is 5.56 Å². The zero-order valence-electron chi connectivity index (χ0n) is 18.1. The Labute approximate surface area is 181 Å². The van der Waals surface area contributed by atoms with Gasteiger partial charge >= 0.3 is 12.0 Å². The van der Waals surface area contributed by atoms with Gasteiger partial charge in [0.2, 0.25) is 5.78 Å². The average molecular weight is 421 g/mol. The lowest BCUT2D eigenvalue weighted by Crippen LogP contribution is -2.39. The van der Waals surface area contributed by atoms with Gasteiger partial charge in [0.25, 0.3) is 0 Å². The number of amides is 2. The molecule has 7 nitrogen and oxygen atoms in total. The number of hydrogen-bond donors (Lipinski definition) is 3. The van der Waals surface area contributed by atoms with Crippen LogP contribution in [-0.4, -0.2) is 34.9 Å². The Bertz CT molecular complexity index is 1100. The number of H-pyrrole nitrogens is 1. The molecule has 0 fully saturated rings. The summed E-state index contributed by atoms with van der Waals surface area (Å²) in [6.45, 7) is 7.50. The molecule has 3 aromatic rings. The molecule has 0 unspecified atom stereocenters. The molecule has 7 heteroatoms. The molecule has 1 atom stereocenters. The molecule has 0 spiro atoms. The van der Waals surface area contributed by atoms with Gasteiger partial charge in [0.1, 0.15) is 0 Å². The summed E-state index contributed by atoms with van der Waals surface area (Å²) in [6, 6.07) is 14.0. The van der Waals surface area contributed by atoms with E-state index in [9.17, 15) is 14.4 Å². The Morgan fingerprint density at radius 3 is 2.35 bits per heavy atom. The second-order valence-electron chi connectivity index (χ2n) is 7.76. The van der Waals surface area contributed by atoms with Crippen LogP contribution in [0.25, 0.3) is 10.9 Å². The number of esters is 1. The zero-order valence-corrected chi connectivity index (χ0v) is 18.1. The number of rotatable bonds is 7. The number of aromatic nitrogens is 1. The quantitative estimate of drug-likeness (QED) is 0.395. The van der Waals surface area contributed by atoms with Crippen molar-refractivity contribution in [3.8, 4) is 0 Å². The van der Waals surface area contributed by atoms with E-state index in [0.29, 0.717) is 17.7 Å². The fourth-order valence-corrected chi connectivity index (χ4v) is 3.33. The lowest BCUT2D eigenvalue weighted by molar-refractivity contribution is 0.0319. The van der Waals surface area contributed by atoms with Crippen molar-refractivity contribution >= 4 is 28.7 Å². The molecular weight excluding hydrogens is 394 g/mol. The molecule has 1 heterocycles. The minimum Gasteiger partial charge on any atom is -0.451 e. The van der Waals surface area contributed by atoms with Crippen LogP contribution >= 0.6 is 0 Å². The first-order chi connectivity index (χ1) is 14.8. The first-order valence-electron chi connectivity index (χ1n) is 10.2. The van der Waals surface area contributed by atoms with Crippen LogP contribution in [0.1, 0.15) is 52.7 Å². The first-order valence-corrected chi connectivity index (χ1v) is 10.2. The topological polar surface area (TPSA) is 100 Å². The minimum absolute atomic E-state index is 0.0508. The molecule has 1 aromatic heterocycles. The van der Waals surface area contributed by atoms with E-state index in [4.69, 9.17) is 4.74 Å². The fourth-order valence-electron chi connectivity index (χ4n) is 3.33. The normalized spacial score (nSPS) is 11.9. The summed E-state index contributed by atoms with van der Waals surface area (Å²) in [5, 5.41) is 6.30. The van der Waals surface area contributed by atoms with Crippen molar-refractivity contribution in [2.75, 3.05) is 0 Å². The number of carbonyl (C=O) groups is 3. The van der Waals surface area contributed by atoms with E-state index in [1.165, 1.54) is 0 Å². The number of carbonyl (C=O) groups excluding carboxylic acids is 3. The molecule has 0 bridgehead atoms. The summed E-state index contributed by atoms with van der Waals surface area (Å²) in [5.74, 6) is -0.823. The third-order valence-electron chi connectivity index (χ3n) is 4.86. The number of para-hydroxylation sites is 1. The molecule has 0 aliphatic rings. The van der Waals surface area contributed by atoms with Crippen LogP contribution in [0, 0.1) is 6.92 Å². The second-order valence-corrected chi connectivity index (χ2v) is 7.76. The van der Waals surface area contributed by atoms with Crippen molar-refractivity contribution in [2.45, 2.75) is 46.4 Å². The van der Waals surface area contributed by atoms with Crippen LogP contribution in [0.2, 0.25) is 0 Å². The van der Waals surface area contributed by atoms with Gasteiger partial charge in [0, 0.05) is 34.7 Å². The molecule has 2 amide bonds. The molecule has 3 N–H and O–H groups in total. The number of fused-ring (bicyclic) bond motifs is 1. The molecule has 0 saturated carbocycles. The maximum absolute atomic E-state index is 12.9. The molecule has 0 saturated heterocycles. The van der Waals surface area contributed by atoms with Crippen molar-refractivity contribution in [1.29, 1.82) is 0 Å². The fraction of sp³-hybridized carbons (Fsp3) is 0.292. The van der Waals surface area contributed by atoms with Crippen molar-refractivity contribution in [3.63, 3.8) is 0 Å². The van der Waals surface area contributed by atoms with Crippen LogP contribution in [0.4, 0.5) is 4.79 Å². The summed E-state index contributed by atoms with van der Waals surface area (Å²) in [6.07, 6.45) is -0.925. The molecule has 0 aliphatic carbocycles. The van der Waals surface area contributed by atoms with E-state index in [0.717, 1.165) is 22.2 Å². The third kappa shape index (κ3) is 5.31. The van der Waals surface area contributed by atoms with Crippen LogP contribution in [0.3, 0.4) is 0 Å². The van der Waals surface area contributed by atoms with E-state index in [1.54, 1.807) is 31.2 Å². The molecule has 0 radical (unpaired) electrons. The van der Waals surface area contributed by atoms with E-state index >= 15 is 0 Å². The van der Waals surface area contributed by atoms with Crippen molar-refractivity contribution in [3.05, 3.63) is 70.9 Å². The Hall–Kier alpha value is -3.61. The smallest absolute Gasteiger partial charge is 0.338 e. The highest BCUT2D eigenvalue weighted by Gasteiger charge is 2.24. The largest absolute Gasteiger partial charge is 0.451 e. The summed E-state index contributed by atoms with van der Waals surface area (Å²) < 4.78 is 5.43. The van der Waals surface area contributed by atoms with Gasteiger partial charge in [-0.2, -0.15) is 0 Å². The zero-order chi connectivity index (χ0) is 22.5. The molecule has 31 heavy (non-hydrogen) atoms. The van der Waals surface area contributed by atoms with Gasteiger partial charge in [0.15, 0.2) is 6.10 Å². The van der Waals surface area contributed by atoms with Crippen LogP contribution in [-0.2, 0) is 11.3 Å². The monoisotopic (exact) mass is 421 g/mol. The number of aromatic amines is 1. The van der Waals surface area contributed by atoms with Gasteiger partial charge in [-0.05, 0) is 51.5 Å². The average Bonchev–Trinajstić information content (AvgIpc) is 3.07. The van der Waals surface area contributed by atoms with Crippen LogP contribution < -0.4 is 10.6 Å². The Kier molecular flexibility index (Phi) is 6.74. The van der Waals surface area contributed by atoms with Crippen molar-refractivity contribution < 1.29 is 19.1 Å².